The zero-order valence-corrected chi connectivity index (χ0v) is 17.8. The lowest BCUT2D eigenvalue weighted by Gasteiger charge is -2.41. The Morgan fingerprint density at radius 2 is 1.41 bits per heavy atom. The van der Waals surface area contributed by atoms with Crippen molar-refractivity contribution in [1.29, 1.82) is 0 Å². The van der Waals surface area contributed by atoms with Crippen molar-refractivity contribution in [2.75, 3.05) is 34.4 Å². The third kappa shape index (κ3) is 5.33. The summed E-state index contributed by atoms with van der Waals surface area (Å²) in [5.74, 6) is 2.24. The summed E-state index contributed by atoms with van der Waals surface area (Å²) in [7, 11) is 8.47. The quantitative estimate of drug-likeness (QED) is 0.459. The first-order valence-electron chi connectivity index (χ1n) is 9.61. The lowest BCUT2D eigenvalue weighted by molar-refractivity contribution is 0.442. The third-order valence-corrected chi connectivity index (χ3v) is 11.8. The van der Waals surface area contributed by atoms with E-state index in [1.165, 1.54) is 19.0 Å². The molecule has 2 heterocycles. The van der Waals surface area contributed by atoms with Crippen LogP contribution in [0.25, 0.3) is 0 Å². The van der Waals surface area contributed by atoms with E-state index in [1.54, 1.807) is 44.1 Å². The lowest BCUT2D eigenvalue weighted by Crippen LogP contribution is -2.35. The molecule has 0 aliphatic carbocycles. The van der Waals surface area contributed by atoms with E-state index < -0.39 is 8.80 Å². The molecule has 128 valence electrons. The molecule has 1 atom stereocenters. The molecule has 0 amide bonds. The molecule has 22 heavy (non-hydrogen) atoms. The highest BCUT2D eigenvalue weighted by Crippen LogP contribution is 2.48. The van der Waals surface area contributed by atoms with Gasteiger partial charge in [0.2, 0.25) is 0 Å². The van der Waals surface area contributed by atoms with E-state index in [0.717, 1.165) is 18.3 Å². The molecule has 0 spiro atoms. The van der Waals surface area contributed by atoms with Crippen molar-refractivity contribution >= 4 is 23.7 Å². The van der Waals surface area contributed by atoms with E-state index in [9.17, 15) is 0 Å². The minimum absolute atomic E-state index is 0.0445. The minimum Gasteiger partial charge on any atom is -0.276 e. The highest BCUT2D eigenvalue weighted by Gasteiger charge is 2.38. The summed E-state index contributed by atoms with van der Waals surface area (Å²) in [4.78, 5) is 0. The van der Waals surface area contributed by atoms with Crippen LogP contribution in [-0.2, 0) is 0 Å². The molecule has 2 rings (SSSR count). The van der Waals surface area contributed by atoms with E-state index in [0.29, 0.717) is 0 Å². The van der Waals surface area contributed by atoms with Gasteiger partial charge in [-0.05, 0) is 34.4 Å². The Bertz CT molecular complexity index is 300. The summed E-state index contributed by atoms with van der Waals surface area (Å²) < 4.78 is 4.89. The molecule has 2 saturated heterocycles. The van der Waals surface area contributed by atoms with Crippen molar-refractivity contribution in [3.63, 3.8) is 0 Å². The predicted octanol–water partition coefficient (Wildman–Crippen LogP) is 4.88. The molecule has 0 aromatic heterocycles. The molecular formula is C17H38BN2PSi. The van der Waals surface area contributed by atoms with E-state index in [-0.39, 0.29) is 8.22 Å². The monoisotopic (exact) mass is 340 g/mol. The van der Waals surface area contributed by atoms with E-state index in [2.05, 4.69) is 44.1 Å². The second-order valence-corrected chi connectivity index (χ2v) is 14.5. The van der Waals surface area contributed by atoms with Crippen LogP contribution in [0.15, 0.2) is 0 Å². The number of nitrogens with zero attached hydrogens (tertiary/aromatic N) is 2. The third-order valence-electron chi connectivity index (χ3n) is 6.25. The van der Waals surface area contributed by atoms with Gasteiger partial charge < -0.3 is 0 Å². The van der Waals surface area contributed by atoms with Crippen LogP contribution in [-0.4, -0.2) is 59.2 Å². The van der Waals surface area contributed by atoms with Crippen molar-refractivity contribution in [3.8, 4) is 0 Å². The molecule has 0 N–H and O–H groups in total. The SMILES string of the molecule is CN(C)P(CC[SiH](C)CCB1C2CCCC1CCC2)N(C)C. The molecule has 0 aromatic carbocycles. The zero-order valence-electron chi connectivity index (χ0n) is 15.7. The van der Waals surface area contributed by atoms with Crippen molar-refractivity contribution in [3.05, 3.63) is 0 Å². The summed E-state index contributed by atoms with van der Waals surface area (Å²) in [6.45, 7) is 3.76. The van der Waals surface area contributed by atoms with Crippen LogP contribution < -0.4 is 0 Å². The molecule has 5 heteroatoms. The highest BCUT2D eigenvalue weighted by atomic mass is 31.1. The number of fused-ring (bicyclic) bond motifs is 2. The number of hydrogen-bond donors (Lipinski definition) is 0. The Morgan fingerprint density at radius 1 is 0.909 bits per heavy atom. The second kappa shape index (κ2) is 9.20. The van der Waals surface area contributed by atoms with Gasteiger partial charge in [-0.25, -0.2) is 0 Å². The maximum Gasteiger partial charge on any atom is 0.146 e. The van der Waals surface area contributed by atoms with Crippen LogP contribution in [0.1, 0.15) is 38.5 Å². The molecular weight excluding hydrogens is 302 g/mol. The Hall–Kier alpha value is 0.632. The van der Waals surface area contributed by atoms with Crippen LogP contribution in [0.4, 0.5) is 0 Å². The second-order valence-electron chi connectivity index (χ2n) is 8.31. The maximum atomic E-state index is 2.64. The molecule has 0 saturated carbocycles. The first kappa shape index (κ1) is 19.0. The standard InChI is InChI=1S/C17H38BN2PSi/c1-19(2)21(20(3)4)13-15-22(5)14-12-18-16-8-6-9-17(18)11-7-10-16/h16-17,22H,6-15H2,1-5H3. The summed E-state index contributed by atoms with van der Waals surface area (Å²) in [5, 5.41) is 0. The maximum absolute atomic E-state index is 2.64. The van der Waals surface area contributed by atoms with Gasteiger partial charge in [-0.3, -0.25) is 9.34 Å². The molecule has 2 nitrogen and oxygen atoms in total. The first-order valence-corrected chi connectivity index (χ1v) is 13.8. The van der Waals surface area contributed by atoms with Gasteiger partial charge in [0.05, 0.1) is 0 Å². The first-order chi connectivity index (χ1) is 10.5. The van der Waals surface area contributed by atoms with Gasteiger partial charge in [0.25, 0.3) is 0 Å². The predicted molar refractivity (Wildman–Crippen MR) is 108 cm³/mol. The Labute approximate surface area is 142 Å². The van der Waals surface area contributed by atoms with Crippen LogP contribution in [0.3, 0.4) is 0 Å². The molecule has 2 aliphatic heterocycles. The Balaban J connectivity index is 1.72. The minimum atomic E-state index is -0.490. The largest absolute Gasteiger partial charge is 0.276 e. The fourth-order valence-corrected chi connectivity index (χ4v) is 10.4. The van der Waals surface area contributed by atoms with Gasteiger partial charge in [-0.15, -0.1) is 0 Å². The Morgan fingerprint density at radius 3 is 1.86 bits per heavy atom. The fourth-order valence-electron chi connectivity index (χ4n) is 5.00. The average Bonchev–Trinajstić information content (AvgIpc) is 2.43. The van der Waals surface area contributed by atoms with Gasteiger partial charge in [0.1, 0.15) is 6.71 Å². The molecule has 0 aromatic rings. The molecule has 1 unspecified atom stereocenters. The zero-order chi connectivity index (χ0) is 16.1. The summed E-state index contributed by atoms with van der Waals surface area (Å²) in [6.07, 6.45) is 12.3. The highest BCUT2D eigenvalue weighted by molar-refractivity contribution is 7.52. The van der Waals surface area contributed by atoms with Gasteiger partial charge in [0.15, 0.2) is 0 Å². The lowest BCUT2D eigenvalue weighted by atomic mass is 9.26. The Kier molecular flexibility index (Phi) is 7.93. The molecule has 0 radical (unpaired) electrons. The van der Waals surface area contributed by atoms with Crippen LogP contribution >= 0.6 is 8.22 Å². The van der Waals surface area contributed by atoms with Crippen molar-refractivity contribution in [1.82, 2.24) is 9.34 Å². The van der Waals surface area contributed by atoms with E-state index >= 15 is 0 Å². The van der Waals surface area contributed by atoms with Crippen molar-refractivity contribution in [2.24, 2.45) is 0 Å². The summed E-state index contributed by atoms with van der Waals surface area (Å²) >= 11 is 0. The number of rotatable bonds is 8. The molecule has 2 aliphatic rings. The van der Waals surface area contributed by atoms with Gasteiger partial charge in [0, 0.05) is 17.0 Å². The topological polar surface area (TPSA) is 6.48 Å². The smallest absolute Gasteiger partial charge is 0.146 e. The van der Waals surface area contributed by atoms with Crippen molar-refractivity contribution < 1.29 is 0 Å². The fraction of sp³-hybridized carbons (Fsp3) is 1.00. The van der Waals surface area contributed by atoms with E-state index in [4.69, 9.17) is 0 Å². The van der Waals surface area contributed by atoms with Gasteiger partial charge in [-0.1, -0.05) is 75.1 Å². The van der Waals surface area contributed by atoms with Crippen LogP contribution in [0.2, 0.25) is 36.6 Å². The van der Waals surface area contributed by atoms with Gasteiger partial charge in [-0.2, -0.15) is 0 Å². The van der Waals surface area contributed by atoms with Crippen molar-refractivity contribution in [2.45, 2.75) is 75.1 Å². The van der Waals surface area contributed by atoms with E-state index in [1.807, 2.05) is 0 Å². The average molecular weight is 340 g/mol. The number of hydrogen-bond acceptors (Lipinski definition) is 2. The molecule has 2 fully saturated rings. The summed E-state index contributed by atoms with van der Waals surface area (Å²) in [6, 6.07) is 3.16. The summed E-state index contributed by atoms with van der Waals surface area (Å²) in [5.41, 5.74) is 0. The van der Waals surface area contributed by atoms with Crippen LogP contribution in [0.5, 0.6) is 0 Å². The van der Waals surface area contributed by atoms with Crippen LogP contribution in [0, 0.1) is 0 Å². The molecule has 2 bridgehead atoms. The normalized spacial score (nSPS) is 27.0. The van der Waals surface area contributed by atoms with Gasteiger partial charge >= 0.3 is 0 Å².